The van der Waals surface area contributed by atoms with Gasteiger partial charge in [0.1, 0.15) is 5.54 Å². The quantitative estimate of drug-likeness (QED) is 0.623. The molecule has 0 saturated heterocycles. The molecule has 1 saturated carbocycles. The van der Waals surface area contributed by atoms with E-state index in [0.29, 0.717) is 0 Å². The van der Waals surface area contributed by atoms with E-state index < -0.39 is 0 Å². The van der Waals surface area contributed by atoms with Gasteiger partial charge in [-0.1, -0.05) is 13.8 Å². The third-order valence-corrected chi connectivity index (χ3v) is 3.92. The highest BCUT2D eigenvalue weighted by Gasteiger charge is 2.25. The summed E-state index contributed by atoms with van der Waals surface area (Å²) in [4.78, 5) is 2.59. The van der Waals surface area contributed by atoms with Crippen molar-refractivity contribution >= 4 is 0 Å². The second-order valence-electron chi connectivity index (χ2n) is 6.22. The lowest BCUT2D eigenvalue weighted by atomic mass is 9.97. The molecule has 3 nitrogen and oxygen atoms in total. The monoisotopic (exact) mass is 265 g/mol. The zero-order chi connectivity index (χ0) is 14.1. The van der Waals surface area contributed by atoms with E-state index in [2.05, 4.69) is 30.1 Å². The van der Waals surface area contributed by atoms with Gasteiger partial charge in [0.25, 0.3) is 0 Å². The molecule has 1 aliphatic rings. The van der Waals surface area contributed by atoms with Crippen molar-refractivity contribution in [2.45, 2.75) is 64.8 Å². The zero-order valence-electron chi connectivity index (χ0n) is 13.0. The second-order valence-corrected chi connectivity index (χ2v) is 6.22. The largest absolute Gasteiger partial charge is 0.303 e. The number of nitrogens with one attached hydrogen (secondary N) is 1. The number of hydrogen-bond donors (Lipinski definition) is 1. The topological polar surface area (TPSA) is 39.1 Å². The Morgan fingerprint density at radius 1 is 1.26 bits per heavy atom. The fraction of sp³-hybridized carbons (Fsp3) is 0.938. The summed E-state index contributed by atoms with van der Waals surface area (Å²) in [6.45, 7) is 11.0. The Balaban J connectivity index is 2.26. The molecule has 1 aliphatic carbocycles. The van der Waals surface area contributed by atoms with Crippen LogP contribution in [0.4, 0.5) is 0 Å². The molecule has 0 heterocycles. The van der Waals surface area contributed by atoms with Crippen molar-refractivity contribution in [2.24, 2.45) is 5.92 Å². The maximum absolute atomic E-state index is 9.31. The molecule has 1 fully saturated rings. The molecule has 0 bridgehead atoms. The minimum absolute atomic E-state index is 0.340. The van der Waals surface area contributed by atoms with E-state index in [0.717, 1.165) is 38.3 Å². The maximum Gasteiger partial charge on any atom is 0.103 e. The summed E-state index contributed by atoms with van der Waals surface area (Å²) in [6.07, 6.45) is 7.24. The second kappa shape index (κ2) is 8.55. The van der Waals surface area contributed by atoms with Crippen LogP contribution in [0.25, 0.3) is 0 Å². The van der Waals surface area contributed by atoms with Gasteiger partial charge in [-0.2, -0.15) is 5.26 Å². The summed E-state index contributed by atoms with van der Waals surface area (Å²) >= 11 is 0. The average Bonchev–Trinajstić information content (AvgIpc) is 3.20. The van der Waals surface area contributed by atoms with Crippen LogP contribution >= 0.6 is 0 Å². The van der Waals surface area contributed by atoms with Crippen molar-refractivity contribution in [2.75, 3.05) is 26.2 Å². The Labute approximate surface area is 119 Å². The maximum atomic E-state index is 9.31. The lowest BCUT2D eigenvalue weighted by Crippen LogP contribution is -2.42. The molecule has 0 amide bonds. The molecule has 0 aromatic rings. The summed E-state index contributed by atoms with van der Waals surface area (Å²) in [5.41, 5.74) is -0.340. The number of nitriles is 1. The minimum atomic E-state index is -0.340. The highest BCUT2D eigenvalue weighted by atomic mass is 15.1. The predicted molar refractivity (Wildman–Crippen MR) is 81.0 cm³/mol. The SMILES string of the molecule is CCCNC(C)(C#N)CCCN(CCC)CC1CC1. The summed E-state index contributed by atoms with van der Waals surface area (Å²) in [5, 5.41) is 12.7. The average molecular weight is 265 g/mol. The predicted octanol–water partition coefficient (Wildman–Crippen LogP) is 3.17. The Morgan fingerprint density at radius 3 is 2.53 bits per heavy atom. The highest BCUT2D eigenvalue weighted by molar-refractivity contribution is 5.03. The summed E-state index contributed by atoms with van der Waals surface area (Å²) < 4.78 is 0. The molecule has 1 rings (SSSR count). The van der Waals surface area contributed by atoms with Crippen molar-refractivity contribution in [1.29, 1.82) is 5.26 Å². The number of hydrogen-bond acceptors (Lipinski definition) is 3. The van der Waals surface area contributed by atoms with Crippen molar-refractivity contribution in [1.82, 2.24) is 10.2 Å². The molecular weight excluding hydrogens is 234 g/mol. The summed E-state index contributed by atoms with van der Waals surface area (Å²) in [7, 11) is 0. The Bertz CT molecular complexity index is 280. The van der Waals surface area contributed by atoms with Gasteiger partial charge in [-0.05, 0) is 71.0 Å². The Morgan fingerprint density at radius 2 is 2.00 bits per heavy atom. The lowest BCUT2D eigenvalue weighted by molar-refractivity contribution is 0.248. The zero-order valence-corrected chi connectivity index (χ0v) is 13.0. The molecule has 3 heteroatoms. The third-order valence-electron chi connectivity index (χ3n) is 3.92. The Kier molecular flexibility index (Phi) is 7.41. The van der Waals surface area contributed by atoms with Crippen LogP contribution in [0, 0.1) is 17.2 Å². The van der Waals surface area contributed by atoms with E-state index in [4.69, 9.17) is 0 Å². The smallest absolute Gasteiger partial charge is 0.103 e. The van der Waals surface area contributed by atoms with Crippen LogP contribution in [0.5, 0.6) is 0 Å². The minimum Gasteiger partial charge on any atom is -0.303 e. The van der Waals surface area contributed by atoms with Crippen LogP contribution in [-0.2, 0) is 0 Å². The molecule has 1 unspecified atom stereocenters. The van der Waals surface area contributed by atoms with E-state index in [-0.39, 0.29) is 5.54 Å². The van der Waals surface area contributed by atoms with E-state index in [1.54, 1.807) is 0 Å². The van der Waals surface area contributed by atoms with Crippen molar-refractivity contribution < 1.29 is 0 Å². The third kappa shape index (κ3) is 6.94. The van der Waals surface area contributed by atoms with Crippen molar-refractivity contribution in [3.63, 3.8) is 0 Å². The summed E-state index contributed by atoms with van der Waals surface area (Å²) in [6, 6.07) is 2.44. The van der Waals surface area contributed by atoms with E-state index >= 15 is 0 Å². The molecular formula is C16H31N3. The molecule has 1 atom stereocenters. The van der Waals surface area contributed by atoms with Crippen LogP contribution in [-0.4, -0.2) is 36.6 Å². The van der Waals surface area contributed by atoms with Gasteiger partial charge in [0.05, 0.1) is 6.07 Å². The van der Waals surface area contributed by atoms with Crippen LogP contribution in [0.2, 0.25) is 0 Å². The van der Waals surface area contributed by atoms with E-state index in [9.17, 15) is 5.26 Å². The fourth-order valence-corrected chi connectivity index (χ4v) is 2.52. The summed E-state index contributed by atoms with van der Waals surface area (Å²) in [5.74, 6) is 0.965. The first-order chi connectivity index (χ1) is 9.13. The van der Waals surface area contributed by atoms with Crippen molar-refractivity contribution in [3.05, 3.63) is 0 Å². The molecule has 110 valence electrons. The standard InChI is InChI=1S/C16H31N3/c1-4-10-18-16(3,14-17)9-6-12-19(11-5-2)13-15-7-8-15/h15,18H,4-13H2,1-3H3. The first-order valence-electron chi connectivity index (χ1n) is 8.02. The molecule has 1 N–H and O–H groups in total. The van der Waals surface area contributed by atoms with Crippen LogP contribution < -0.4 is 5.32 Å². The van der Waals surface area contributed by atoms with E-state index in [1.807, 2.05) is 6.92 Å². The van der Waals surface area contributed by atoms with Gasteiger partial charge >= 0.3 is 0 Å². The van der Waals surface area contributed by atoms with Gasteiger partial charge in [0.15, 0.2) is 0 Å². The highest BCUT2D eigenvalue weighted by Crippen LogP contribution is 2.29. The number of nitrogens with zero attached hydrogens (tertiary/aromatic N) is 2. The van der Waals surface area contributed by atoms with Gasteiger partial charge in [-0.3, -0.25) is 5.32 Å². The van der Waals surface area contributed by atoms with Gasteiger partial charge < -0.3 is 4.90 Å². The van der Waals surface area contributed by atoms with Gasteiger partial charge in [-0.25, -0.2) is 0 Å². The molecule has 0 radical (unpaired) electrons. The molecule has 0 aliphatic heterocycles. The lowest BCUT2D eigenvalue weighted by Gasteiger charge is -2.26. The van der Waals surface area contributed by atoms with E-state index in [1.165, 1.54) is 32.4 Å². The van der Waals surface area contributed by atoms with Crippen LogP contribution in [0.15, 0.2) is 0 Å². The van der Waals surface area contributed by atoms with Gasteiger partial charge in [0, 0.05) is 6.54 Å². The Hall–Kier alpha value is -0.590. The first-order valence-corrected chi connectivity index (χ1v) is 8.02. The van der Waals surface area contributed by atoms with Gasteiger partial charge in [0.2, 0.25) is 0 Å². The molecule has 0 aromatic heterocycles. The fourth-order valence-electron chi connectivity index (χ4n) is 2.52. The molecule has 19 heavy (non-hydrogen) atoms. The van der Waals surface area contributed by atoms with Crippen LogP contribution in [0.1, 0.15) is 59.3 Å². The normalized spacial score (nSPS) is 18.3. The number of rotatable bonds is 11. The van der Waals surface area contributed by atoms with Crippen molar-refractivity contribution in [3.8, 4) is 6.07 Å². The molecule has 0 spiro atoms. The van der Waals surface area contributed by atoms with Crippen LogP contribution in [0.3, 0.4) is 0 Å². The first kappa shape index (κ1) is 16.5. The van der Waals surface area contributed by atoms with Gasteiger partial charge in [-0.15, -0.1) is 0 Å². The molecule has 0 aromatic carbocycles.